The summed E-state index contributed by atoms with van der Waals surface area (Å²) < 4.78 is 23.4. The highest BCUT2D eigenvalue weighted by atomic mass is 16.6. The van der Waals surface area contributed by atoms with Crippen molar-refractivity contribution in [3.63, 3.8) is 0 Å². The Morgan fingerprint density at radius 1 is 0.724 bits per heavy atom. The number of carbonyl (C=O) groups excluding carboxylic acids is 6. The monoisotopic (exact) mass is 1050 g/mol. The van der Waals surface area contributed by atoms with Crippen LogP contribution in [0.3, 0.4) is 0 Å². The molecule has 1 aliphatic heterocycles. The highest BCUT2D eigenvalue weighted by Crippen LogP contribution is 2.41. The van der Waals surface area contributed by atoms with Crippen molar-refractivity contribution >= 4 is 41.5 Å². The minimum absolute atomic E-state index is 0.00497. The van der Waals surface area contributed by atoms with Gasteiger partial charge in [0, 0.05) is 61.4 Å². The van der Waals surface area contributed by atoms with Crippen LogP contribution in [0, 0.1) is 11.8 Å². The largest absolute Gasteiger partial charge is 0.493 e. The van der Waals surface area contributed by atoms with E-state index in [4.69, 9.17) is 18.9 Å². The number of nitrogens with zero attached hydrogens (tertiary/aromatic N) is 1. The van der Waals surface area contributed by atoms with Crippen molar-refractivity contribution in [1.29, 1.82) is 0 Å². The standard InChI is InChI=1S/C60H78N4O12/c1-11-13-15-39-17-20-41(21-18-39)42-22-24-43(25-23-42)49(65)37-45(16-14-29-61-57(71)75-59(4,5)6)55(68)64(10)53-44-26-28-52(73-31-12-2)47(36-44)46-34-40(35-48(56(69)70)63-54(67)38(3)33-50(53)66)19-27-51(46)74-32-30-62-58(72)76-60(7,8)9/h17-28,34,36,38,45,48,53H,11-16,29-33,35,37H2,1-10H3,(H,61,71)(H,62,72)(H,63,67)(H,69,70)/t38-,45-,48+,53+/m1/s1. The summed E-state index contributed by atoms with van der Waals surface area (Å²) in [7, 11) is 1.49. The van der Waals surface area contributed by atoms with Crippen LogP contribution in [0.1, 0.15) is 140 Å². The van der Waals surface area contributed by atoms with Crippen molar-refractivity contribution in [3.05, 3.63) is 107 Å². The van der Waals surface area contributed by atoms with Crippen LogP contribution in [-0.2, 0) is 41.5 Å². The van der Waals surface area contributed by atoms with E-state index in [0.29, 0.717) is 52.3 Å². The van der Waals surface area contributed by atoms with Crippen LogP contribution in [-0.4, -0.2) is 102 Å². The van der Waals surface area contributed by atoms with Gasteiger partial charge in [0.25, 0.3) is 0 Å². The zero-order chi connectivity index (χ0) is 55.7. The van der Waals surface area contributed by atoms with E-state index < -0.39 is 70.9 Å². The Morgan fingerprint density at radius 2 is 1.30 bits per heavy atom. The Bertz CT molecular complexity index is 2650. The normalized spacial score (nSPS) is 16.3. The SMILES string of the molecule is CCCCc1ccc(-c2ccc(C(=O)C[C@@H](CCCNC(=O)OC(C)(C)C)C(=O)N(C)[C@@H]3C(=O)C[C@@H](C)C(=O)N[C@H](C(=O)O)Cc4ccc(OCCNC(=O)OC(C)(C)C)c(c4)-c4cc3ccc4OCCC)cc2)cc1. The molecular formula is C60H78N4O12. The minimum atomic E-state index is -1.37. The van der Waals surface area contributed by atoms with E-state index in [1.54, 1.807) is 90.1 Å². The maximum atomic E-state index is 15.2. The predicted octanol–water partition coefficient (Wildman–Crippen LogP) is 10.5. The van der Waals surface area contributed by atoms with E-state index in [1.165, 1.54) is 24.4 Å². The van der Waals surface area contributed by atoms with Gasteiger partial charge in [0.1, 0.15) is 41.4 Å². The average Bonchev–Trinajstić information content (AvgIpc) is 3.36. The van der Waals surface area contributed by atoms with E-state index in [1.807, 2.05) is 19.1 Å². The summed E-state index contributed by atoms with van der Waals surface area (Å²) in [5.74, 6) is -4.50. The molecule has 16 nitrogen and oxygen atoms in total. The molecule has 0 saturated carbocycles. The molecule has 5 rings (SSSR count). The van der Waals surface area contributed by atoms with Crippen LogP contribution in [0.25, 0.3) is 22.3 Å². The van der Waals surface area contributed by atoms with Crippen molar-refractivity contribution in [1.82, 2.24) is 20.9 Å². The van der Waals surface area contributed by atoms with Gasteiger partial charge in [-0.05, 0) is 126 Å². The summed E-state index contributed by atoms with van der Waals surface area (Å²) in [6.45, 7) is 16.7. The average molecular weight is 1050 g/mol. The summed E-state index contributed by atoms with van der Waals surface area (Å²) >= 11 is 0. The Morgan fingerprint density at radius 3 is 1.89 bits per heavy atom. The topological polar surface area (TPSA) is 216 Å². The minimum Gasteiger partial charge on any atom is -0.493 e. The molecule has 410 valence electrons. The number of nitrogens with one attached hydrogen (secondary N) is 3. The Balaban J connectivity index is 1.55. The van der Waals surface area contributed by atoms with Gasteiger partial charge in [-0.2, -0.15) is 0 Å². The molecule has 0 fully saturated rings. The number of benzene rings is 4. The molecule has 4 bridgehead atoms. The number of carboxylic acids is 1. The van der Waals surface area contributed by atoms with Crippen LogP contribution in [0.5, 0.6) is 11.5 Å². The number of rotatable bonds is 21. The third-order valence-electron chi connectivity index (χ3n) is 12.7. The fraction of sp³-hybridized carbons (Fsp3) is 0.483. The molecule has 4 atom stereocenters. The first-order valence-corrected chi connectivity index (χ1v) is 26.5. The first-order valence-electron chi connectivity index (χ1n) is 26.5. The number of fused-ring (bicyclic) bond motifs is 5. The predicted molar refractivity (Wildman–Crippen MR) is 291 cm³/mol. The first kappa shape index (κ1) is 59.6. The van der Waals surface area contributed by atoms with Crippen molar-refractivity contribution in [2.24, 2.45) is 11.8 Å². The number of carboxylic acid groups (broad SMARTS) is 1. The number of aliphatic carboxylic acids is 1. The van der Waals surface area contributed by atoms with Crippen molar-refractivity contribution in [2.45, 2.75) is 143 Å². The van der Waals surface area contributed by atoms with Crippen LogP contribution in [0.4, 0.5) is 9.59 Å². The number of carbonyl (C=O) groups is 7. The zero-order valence-electron chi connectivity index (χ0n) is 46.0. The van der Waals surface area contributed by atoms with Gasteiger partial charge >= 0.3 is 18.2 Å². The van der Waals surface area contributed by atoms with Crippen molar-refractivity contribution < 1.29 is 57.6 Å². The van der Waals surface area contributed by atoms with E-state index >= 15 is 4.79 Å². The molecular weight excluding hydrogens is 969 g/mol. The van der Waals surface area contributed by atoms with E-state index in [-0.39, 0.29) is 57.6 Å². The first-order chi connectivity index (χ1) is 36.0. The maximum absolute atomic E-state index is 15.2. The molecule has 0 spiro atoms. The molecule has 1 heterocycles. The number of amides is 4. The lowest BCUT2D eigenvalue weighted by atomic mass is 9.88. The lowest BCUT2D eigenvalue weighted by Crippen LogP contribution is -2.45. The van der Waals surface area contributed by atoms with Crippen LogP contribution < -0.4 is 25.4 Å². The molecule has 0 unspecified atom stereocenters. The lowest BCUT2D eigenvalue weighted by molar-refractivity contribution is -0.144. The summed E-state index contributed by atoms with van der Waals surface area (Å²) in [6, 6.07) is 23.2. The van der Waals surface area contributed by atoms with Gasteiger partial charge in [-0.3, -0.25) is 19.2 Å². The molecule has 76 heavy (non-hydrogen) atoms. The number of ketones is 2. The zero-order valence-corrected chi connectivity index (χ0v) is 46.0. The lowest BCUT2D eigenvalue weighted by Gasteiger charge is -2.32. The van der Waals surface area contributed by atoms with Gasteiger partial charge < -0.3 is 44.9 Å². The second-order valence-corrected chi connectivity index (χ2v) is 21.5. The number of hydrogen-bond acceptors (Lipinski definition) is 11. The van der Waals surface area contributed by atoms with Gasteiger partial charge in [-0.15, -0.1) is 0 Å². The van der Waals surface area contributed by atoms with Gasteiger partial charge in [-0.25, -0.2) is 14.4 Å². The van der Waals surface area contributed by atoms with Crippen molar-refractivity contribution in [3.8, 4) is 33.8 Å². The summed E-state index contributed by atoms with van der Waals surface area (Å²) in [5, 5.41) is 18.4. The molecule has 1 aliphatic rings. The van der Waals surface area contributed by atoms with Crippen LogP contribution >= 0.6 is 0 Å². The van der Waals surface area contributed by atoms with E-state index in [9.17, 15) is 33.9 Å². The molecule has 0 saturated heterocycles. The number of unbranched alkanes of at least 4 members (excludes halogenated alkanes) is 1. The summed E-state index contributed by atoms with van der Waals surface area (Å²) in [4.78, 5) is 97.2. The van der Waals surface area contributed by atoms with Crippen LogP contribution in [0.15, 0.2) is 84.9 Å². The fourth-order valence-corrected chi connectivity index (χ4v) is 8.83. The number of alkyl carbamates (subject to hydrolysis) is 2. The molecule has 4 N–H and O–H groups in total. The number of Topliss-reactive ketones (excluding diaryl/α,β-unsaturated/α-hetero) is 2. The Hall–Kier alpha value is -7.23. The number of likely N-dealkylation sites (N-methyl/N-ethyl adjacent to an activating group) is 1. The summed E-state index contributed by atoms with van der Waals surface area (Å²) in [5.41, 5.74) is 3.98. The van der Waals surface area contributed by atoms with Gasteiger partial charge in [0.05, 0.1) is 13.2 Å². The number of ether oxygens (including phenoxy) is 4. The molecule has 4 aromatic carbocycles. The third-order valence-corrected chi connectivity index (χ3v) is 12.7. The van der Waals surface area contributed by atoms with E-state index in [0.717, 1.165) is 30.4 Å². The molecule has 0 aromatic heterocycles. The molecule has 4 aromatic rings. The van der Waals surface area contributed by atoms with Gasteiger partial charge in [0.2, 0.25) is 11.8 Å². The Kier molecular flexibility index (Phi) is 21.6. The molecule has 0 radical (unpaired) electrons. The highest BCUT2D eigenvalue weighted by Gasteiger charge is 2.36. The Labute approximate surface area is 448 Å². The smallest absolute Gasteiger partial charge is 0.407 e. The van der Waals surface area contributed by atoms with Crippen LogP contribution in [0.2, 0.25) is 0 Å². The maximum Gasteiger partial charge on any atom is 0.407 e. The van der Waals surface area contributed by atoms with Gasteiger partial charge in [0.15, 0.2) is 11.6 Å². The highest BCUT2D eigenvalue weighted by molar-refractivity contribution is 6.00. The van der Waals surface area contributed by atoms with Crippen molar-refractivity contribution in [2.75, 3.05) is 33.4 Å². The third kappa shape index (κ3) is 18.0. The molecule has 0 aliphatic carbocycles. The second kappa shape index (κ2) is 27.5. The number of aryl methyl sites for hydroxylation is 1. The quantitative estimate of drug-likeness (QED) is 0.0453. The van der Waals surface area contributed by atoms with Gasteiger partial charge in [-0.1, -0.05) is 87.9 Å². The summed E-state index contributed by atoms with van der Waals surface area (Å²) in [6.07, 6.45) is 2.35. The van der Waals surface area contributed by atoms with E-state index in [2.05, 4.69) is 47.1 Å². The second-order valence-electron chi connectivity index (χ2n) is 21.5. The molecule has 16 heteroatoms. The fourth-order valence-electron chi connectivity index (χ4n) is 8.83. The molecule has 4 amide bonds. The number of hydrogen-bond donors (Lipinski definition) is 4.